The lowest BCUT2D eigenvalue weighted by atomic mass is 10.0. The molecule has 0 aliphatic heterocycles. The van der Waals surface area contributed by atoms with Crippen molar-refractivity contribution in [2.24, 2.45) is 5.73 Å². The summed E-state index contributed by atoms with van der Waals surface area (Å²) in [6.07, 6.45) is 7.16. The third-order valence-corrected chi connectivity index (χ3v) is 5.35. The summed E-state index contributed by atoms with van der Waals surface area (Å²) in [5.41, 5.74) is 7.04. The Kier molecular flexibility index (Phi) is 9.24. The van der Waals surface area contributed by atoms with Crippen LogP contribution in [0.15, 0.2) is 97.6 Å². The molecule has 1 atom stereocenters. The van der Waals surface area contributed by atoms with Crippen molar-refractivity contribution in [2.45, 2.75) is 25.5 Å². The van der Waals surface area contributed by atoms with E-state index in [-0.39, 0.29) is 11.9 Å². The molecule has 0 radical (unpaired) electrons. The lowest BCUT2D eigenvalue weighted by Crippen LogP contribution is -2.23. The van der Waals surface area contributed by atoms with Crippen LogP contribution in [0, 0.1) is 0 Å². The number of ether oxygens (including phenoxy) is 1. The number of halogens is 1. The Labute approximate surface area is 199 Å². The van der Waals surface area contributed by atoms with Gasteiger partial charge < -0.3 is 15.0 Å². The van der Waals surface area contributed by atoms with Gasteiger partial charge in [-0.25, -0.2) is 4.98 Å². The Balaban J connectivity index is 0.00000149. The van der Waals surface area contributed by atoms with Gasteiger partial charge in [-0.1, -0.05) is 54.1 Å². The zero-order valence-corrected chi connectivity index (χ0v) is 19.4. The minimum atomic E-state index is -0.0412. The molecule has 0 bridgehead atoms. The molecule has 33 heavy (non-hydrogen) atoms. The number of ketones is 1. The molecule has 0 aliphatic carbocycles. The number of hydrogen-bond acceptors (Lipinski definition) is 4. The summed E-state index contributed by atoms with van der Waals surface area (Å²) >= 11 is 5.99. The summed E-state index contributed by atoms with van der Waals surface area (Å²) in [4.78, 5) is 16.7. The number of nitrogens with two attached hydrogens (primary N) is 1. The number of benzene rings is 3. The lowest BCUT2D eigenvalue weighted by Gasteiger charge is -2.20. The molecule has 0 saturated carbocycles. The minimum absolute atomic E-state index is 0.00449. The molecule has 4 aromatic rings. The molecule has 1 aromatic heterocycles. The van der Waals surface area contributed by atoms with Crippen molar-refractivity contribution in [1.29, 1.82) is 0 Å². The highest BCUT2D eigenvalue weighted by molar-refractivity contribution is 6.30. The number of aryl methyl sites for hydroxylation is 1. The SMILES string of the molecule is CN.O=C(c1ccccc1)c1ccc(OC(CCc2ccc(Cl)cc2)Cn2ccnc2)cc1. The number of rotatable bonds is 9. The fraction of sp³-hybridized carbons (Fsp3) is 0.185. The summed E-state index contributed by atoms with van der Waals surface area (Å²) in [5.74, 6) is 0.746. The van der Waals surface area contributed by atoms with E-state index in [1.54, 1.807) is 12.5 Å². The predicted molar refractivity (Wildman–Crippen MR) is 133 cm³/mol. The molecule has 3 aromatic carbocycles. The van der Waals surface area contributed by atoms with Crippen molar-refractivity contribution in [3.05, 3.63) is 119 Å². The van der Waals surface area contributed by atoms with Gasteiger partial charge in [0.05, 0.1) is 12.9 Å². The molecule has 4 rings (SSSR count). The Morgan fingerprint density at radius 1 is 0.970 bits per heavy atom. The summed E-state index contributed by atoms with van der Waals surface area (Å²) in [6, 6.07) is 24.5. The summed E-state index contributed by atoms with van der Waals surface area (Å²) in [7, 11) is 1.50. The quantitative estimate of drug-likeness (QED) is 0.338. The summed E-state index contributed by atoms with van der Waals surface area (Å²) in [6.45, 7) is 0.693. The molecule has 1 unspecified atom stereocenters. The Hall–Kier alpha value is -3.41. The van der Waals surface area contributed by atoms with Gasteiger partial charge in [0.2, 0.25) is 0 Å². The molecular formula is C27H28ClN3O2. The van der Waals surface area contributed by atoms with Crippen molar-refractivity contribution < 1.29 is 9.53 Å². The van der Waals surface area contributed by atoms with E-state index in [4.69, 9.17) is 16.3 Å². The van der Waals surface area contributed by atoms with Gasteiger partial charge >= 0.3 is 0 Å². The number of carbonyl (C=O) groups excluding carboxylic acids is 1. The van der Waals surface area contributed by atoms with Gasteiger partial charge in [0, 0.05) is 28.5 Å². The maximum atomic E-state index is 12.6. The van der Waals surface area contributed by atoms with E-state index in [2.05, 4.69) is 10.7 Å². The average molecular weight is 462 g/mol. The zero-order chi connectivity index (χ0) is 23.5. The first-order valence-electron chi connectivity index (χ1n) is 10.8. The van der Waals surface area contributed by atoms with Crippen molar-refractivity contribution in [2.75, 3.05) is 7.05 Å². The Bertz CT molecular complexity index is 1100. The average Bonchev–Trinajstić information content (AvgIpc) is 3.38. The largest absolute Gasteiger partial charge is 0.489 e. The molecule has 170 valence electrons. The van der Waals surface area contributed by atoms with Gasteiger partial charge in [0.1, 0.15) is 11.9 Å². The van der Waals surface area contributed by atoms with E-state index < -0.39 is 0 Å². The normalized spacial score (nSPS) is 11.2. The number of imidazole rings is 1. The standard InChI is InChI=1S/C26H23ClN2O2.CH5N/c27-23-11-6-20(7-12-23)8-13-25(18-29-17-16-28-19-29)31-24-14-9-22(10-15-24)26(30)21-4-2-1-3-5-21;1-2/h1-7,9-12,14-17,19,25H,8,13,18H2;2H2,1H3. The van der Waals surface area contributed by atoms with E-state index >= 15 is 0 Å². The van der Waals surface area contributed by atoms with E-state index in [9.17, 15) is 4.79 Å². The van der Waals surface area contributed by atoms with Crippen LogP contribution in [0.25, 0.3) is 0 Å². The Morgan fingerprint density at radius 3 is 2.27 bits per heavy atom. The van der Waals surface area contributed by atoms with E-state index in [1.165, 1.54) is 12.6 Å². The van der Waals surface area contributed by atoms with Crippen molar-refractivity contribution in [1.82, 2.24) is 9.55 Å². The Morgan fingerprint density at radius 2 is 1.64 bits per heavy atom. The van der Waals surface area contributed by atoms with Crippen LogP contribution in [-0.4, -0.2) is 28.5 Å². The predicted octanol–water partition coefficient (Wildman–Crippen LogP) is 5.42. The molecule has 0 amide bonds. The molecule has 5 nitrogen and oxygen atoms in total. The van der Waals surface area contributed by atoms with Gasteiger partial charge in [0.15, 0.2) is 5.78 Å². The third-order valence-electron chi connectivity index (χ3n) is 5.10. The monoisotopic (exact) mass is 461 g/mol. The third kappa shape index (κ3) is 7.31. The van der Waals surface area contributed by atoms with Crippen LogP contribution in [0.5, 0.6) is 5.75 Å². The highest BCUT2D eigenvalue weighted by Gasteiger charge is 2.14. The van der Waals surface area contributed by atoms with Crippen molar-refractivity contribution >= 4 is 17.4 Å². The van der Waals surface area contributed by atoms with Crippen molar-refractivity contribution in [3.8, 4) is 5.75 Å². The van der Waals surface area contributed by atoms with Crippen LogP contribution in [0.3, 0.4) is 0 Å². The van der Waals surface area contributed by atoms with Crippen LogP contribution >= 0.6 is 11.6 Å². The molecule has 1 heterocycles. The lowest BCUT2D eigenvalue weighted by molar-refractivity contribution is 0.103. The molecule has 0 saturated heterocycles. The van der Waals surface area contributed by atoms with Crippen LogP contribution < -0.4 is 10.5 Å². The smallest absolute Gasteiger partial charge is 0.193 e. The molecule has 2 N–H and O–H groups in total. The van der Waals surface area contributed by atoms with E-state index in [0.717, 1.165) is 23.6 Å². The minimum Gasteiger partial charge on any atom is -0.489 e. The summed E-state index contributed by atoms with van der Waals surface area (Å²) in [5, 5.41) is 0.736. The molecular weight excluding hydrogens is 434 g/mol. The molecule has 0 spiro atoms. The van der Waals surface area contributed by atoms with Gasteiger partial charge in [-0.05, 0) is 61.9 Å². The highest BCUT2D eigenvalue weighted by atomic mass is 35.5. The topological polar surface area (TPSA) is 70.1 Å². The number of aromatic nitrogens is 2. The maximum Gasteiger partial charge on any atom is 0.193 e. The fourth-order valence-corrected chi connectivity index (χ4v) is 3.56. The van der Waals surface area contributed by atoms with Gasteiger partial charge in [0.25, 0.3) is 0 Å². The zero-order valence-electron chi connectivity index (χ0n) is 18.6. The molecule has 0 fully saturated rings. The van der Waals surface area contributed by atoms with Gasteiger partial charge in [-0.2, -0.15) is 0 Å². The second kappa shape index (κ2) is 12.6. The molecule has 6 heteroatoms. The number of carbonyl (C=O) groups is 1. The number of hydrogen-bond donors (Lipinski definition) is 1. The van der Waals surface area contributed by atoms with Gasteiger partial charge in [-0.3, -0.25) is 4.79 Å². The van der Waals surface area contributed by atoms with Crippen LogP contribution in [0.4, 0.5) is 0 Å². The van der Waals surface area contributed by atoms with E-state index in [1.807, 2.05) is 89.6 Å². The highest BCUT2D eigenvalue weighted by Crippen LogP contribution is 2.20. The van der Waals surface area contributed by atoms with Gasteiger partial charge in [-0.15, -0.1) is 0 Å². The summed E-state index contributed by atoms with van der Waals surface area (Å²) < 4.78 is 8.30. The number of nitrogens with zero attached hydrogens (tertiary/aromatic N) is 2. The van der Waals surface area contributed by atoms with Crippen LogP contribution in [0.1, 0.15) is 27.9 Å². The molecule has 0 aliphatic rings. The maximum absolute atomic E-state index is 12.6. The fourth-order valence-electron chi connectivity index (χ4n) is 3.43. The first kappa shape index (κ1) is 24.2. The first-order valence-corrected chi connectivity index (χ1v) is 11.2. The second-order valence-corrected chi connectivity index (χ2v) is 7.82. The second-order valence-electron chi connectivity index (χ2n) is 7.38. The first-order chi connectivity index (χ1) is 16.2. The van der Waals surface area contributed by atoms with E-state index in [0.29, 0.717) is 17.7 Å². The van der Waals surface area contributed by atoms with Crippen molar-refractivity contribution in [3.63, 3.8) is 0 Å². The van der Waals surface area contributed by atoms with Crippen LogP contribution in [0.2, 0.25) is 5.02 Å². The van der Waals surface area contributed by atoms with Crippen LogP contribution in [-0.2, 0) is 13.0 Å².